The first-order valence-corrected chi connectivity index (χ1v) is 13.3. The van der Waals surface area contributed by atoms with Crippen molar-refractivity contribution in [1.29, 1.82) is 0 Å². The summed E-state index contributed by atoms with van der Waals surface area (Å²) < 4.78 is 34.0. The maximum atomic E-state index is 13.8. The molecule has 10 heteroatoms. The molecule has 1 aromatic heterocycles. The second kappa shape index (κ2) is 10.2. The number of aryl methyl sites for hydroxylation is 3. The Labute approximate surface area is 212 Å². The lowest BCUT2D eigenvalue weighted by molar-refractivity contribution is -0.130. The lowest BCUT2D eigenvalue weighted by Crippen LogP contribution is -2.55. The van der Waals surface area contributed by atoms with Crippen LogP contribution in [0.4, 0.5) is 11.4 Å². The Balaban J connectivity index is 1.59. The molecule has 1 aliphatic rings. The highest BCUT2D eigenvalue weighted by Crippen LogP contribution is 2.29. The minimum Gasteiger partial charge on any atom is -0.497 e. The molecule has 3 aromatic rings. The second-order valence-corrected chi connectivity index (χ2v) is 11.0. The van der Waals surface area contributed by atoms with Gasteiger partial charge in [-0.25, -0.2) is 8.42 Å². The minimum absolute atomic E-state index is 0.0868. The zero-order valence-corrected chi connectivity index (χ0v) is 22.2. The Kier molecular flexibility index (Phi) is 7.26. The predicted octanol–water partition coefficient (Wildman–Crippen LogP) is 3.28. The van der Waals surface area contributed by atoms with Crippen LogP contribution in [0.1, 0.15) is 23.9 Å². The first kappa shape index (κ1) is 25.6. The third-order valence-electron chi connectivity index (χ3n) is 6.56. The van der Waals surface area contributed by atoms with E-state index in [4.69, 9.17) is 4.74 Å². The Morgan fingerprint density at radius 3 is 2.44 bits per heavy atom. The molecule has 9 nitrogen and oxygen atoms in total. The number of carbonyl (C=O) groups excluding carboxylic acids is 1. The molecule has 0 saturated carbocycles. The molecular weight excluding hydrogens is 478 g/mol. The monoisotopic (exact) mass is 511 g/mol. The molecule has 0 bridgehead atoms. The van der Waals surface area contributed by atoms with E-state index in [9.17, 15) is 13.2 Å². The van der Waals surface area contributed by atoms with Crippen LogP contribution < -0.4 is 13.9 Å². The summed E-state index contributed by atoms with van der Waals surface area (Å²) in [5.41, 5.74) is 3.49. The topological polar surface area (TPSA) is 98.8 Å². The number of hydrogen-bond donors (Lipinski definition) is 1. The van der Waals surface area contributed by atoms with E-state index >= 15 is 0 Å². The number of rotatable bonds is 7. The molecule has 4 rings (SSSR count). The van der Waals surface area contributed by atoms with Gasteiger partial charge >= 0.3 is 0 Å². The number of ether oxygens (including phenoxy) is 1. The van der Waals surface area contributed by atoms with Crippen molar-refractivity contribution in [2.75, 3.05) is 42.5 Å². The fourth-order valence-corrected chi connectivity index (χ4v) is 6.44. The fraction of sp³-hybridized carbons (Fsp3) is 0.385. The van der Waals surface area contributed by atoms with Gasteiger partial charge in [-0.3, -0.25) is 14.2 Å². The quantitative estimate of drug-likeness (QED) is 0.523. The number of nitrogens with one attached hydrogen (secondary N) is 1. The molecule has 1 aliphatic heterocycles. The van der Waals surface area contributed by atoms with Crippen LogP contribution in [-0.2, 0) is 14.8 Å². The molecule has 0 unspecified atom stereocenters. The van der Waals surface area contributed by atoms with Gasteiger partial charge in [-0.2, -0.15) is 5.10 Å². The third-order valence-corrected chi connectivity index (χ3v) is 8.60. The maximum absolute atomic E-state index is 13.8. The summed E-state index contributed by atoms with van der Waals surface area (Å²) in [5.74, 6) is 0.350. The summed E-state index contributed by atoms with van der Waals surface area (Å²) in [6.45, 7) is 8.82. The molecule has 1 atom stereocenters. The van der Waals surface area contributed by atoms with Gasteiger partial charge in [0.15, 0.2) is 0 Å². The number of piperazine rings is 1. The van der Waals surface area contributed by atoms with E-state index in [1.165, 1.54) is 5.56 Å². The lowest BCUT2D eigenvalue weighted by atomic mass is 10.1. The van der Waals surface area contributed by atoms with Crippen LogP contribution in [0.25, 0.3) is 0 Å². The number of methoxy groups -OCH3 is 1. The van der Waals surface area contributed by atoms with Crippen molar-refractivity contribution in [1.82, 2.24) is 15.1 Å². The maximum Gasteiger partial charge on any atom is 0.268 e. The molecule has 0 radical (unpaired) electrons. The normalized spacial score (nSPS) is 16.2. The molecule has 2 heterocycles. The van der Waals surface area contributed by atoms with E-state index in [2.05, 4.69) is 47.1 Å². The molecule has 1 amide bonds. The average molecular weight is 512 g/mol. The summed E-state index contributed by atoms with van der Waals surface area (Å²) in [7, 11) is -2.51. The smallest absolute Gasteiger partial charge is 0.268 e. The molecule has 1 fully saturated rings. The van der Waals surface area contributed by atoms with E-state index in [1.54, 1.807) is 50.1 Å². The van der Waals surface area contributed by atoms with Crippen molar-refractivity contribution in [3.05, 3.63) is 65.5 Å². The number of aromatic amines is 1. The Morgan fingerprint density at radius 2 is 1.86 bits per heavy atom. The van der Waals surface area contributed by atoms with Gasteiger partial charge in [-0.05, 0) is 69.7 Å². The average Bonchev–Trinajstić information content (AvgIpc) is 3.20. The van der Waals surface area contributed by atoms with Gasteiger partial charge in [0.05, 0.1) is 24.2 Å². The zero-order chi connectivity index (χ0) is 26.0. The molecule has 36 heavy (non-hydrogen) atoms. The van der Waals surface area contributed by atoms with Crippen molar-refractivity contribution in [2.24, 2.45) is 0 Å². The number of nitrogens with zero attached hydrogens (tertiary/aromatic N) is 4. The number of carbonyl (C=O) groups is 1. The van der Waals surface area contributed by atoms with Crippen LogP contribution in [-0.4, -0.2) is 68.8 Å². The molecule has 192 valence electrons. The molecular formula is C26H33N5O4S. The lowest BCUT2D eigenvalue weighted by Gasteiger charge is -2.42. The Hall–Kier alpha value is -3.53. The largest absolute Gasteiger partial charge is 0.497 e. The van der Waals surface area contributed by atoms with E-state index in [0.29, 0.717) is 42.5 Å². The summed E-state index contributed by atoms with van der Waals surface area (Å²) in [6.07, 6.45) is 0. The number of benzene rings is 2. The Morgan fingerprint density at radius 1 is 1.14 bits per heavy atom. The van der Waals surface area contributed by atoms with Gasteiger partial charge < -0.3 is 14.5 Å². The number of sulfonamides is 1. The van der Waals surface area contributed by atoms with Gasteiger partial charge in [0.2, 0.25) is 5.91 Å². The van der Waals surface area contributed by atoms with Gasteiger partial charge in [0, 0.05) is 31.4 Å². The highest BCUT2D eigenvalue weighted by Gasteiger charge is 2.34. The van der Waals surface area contributed by atoms with E-state index in [-0.39, 0.29) is 23.4 Å². The highest BCUT2D eigenvalue weighted by atomic mass is 32.2. The first-order chi connectivity index (χ1) is 17.1. The predicted molar refractivity (Wildman–Crippen MR) is 140 cm³/mol. The third kappa shape index (κ3) is 5.04. The molecule has 1 saturated heterocycles. The fourth-order valence-electron chi connectivity index (χ4n) is 4.69. The Bertz CT molecular complexity index is 1320. The van der Waals surface area contributed by atoms with Crippen LogP contribution >= 0.6 is 0 Å². The van der Waals surface area contributed by atoms with Gasteiger partial charge in [-0.1, -0.05) is 12.1 Å². The number of hydrogen-bond acceptors (Lipinski definition) is 6. The molecule has 2 aromatic carbocycles. The highest BCUT2D eigenvalue weighted by molar-refractivity contribution is 7.93. The van der Waals surface area contributed by atoms with Crippen LogP contribution in [0.15, 0.2) is 53.4 Å². The molecule has 0 aliphatic carbocycles. The van der Waals surface area contributed by atoms with Crippen molar-refractivity contribution >= 4 is 27.3 Å². The number of aromatic nitrogens is 2. The number of amides is 1. The second-order valence-electron chi connectivity index (χ2n) is 9.19. The van der Waals surface area contributed by atoms with Gasteiger partial charge in [0.1, 0.15) is 17.2 Å². The standard InChI is InChI=1S/C26H33N5O4S/c1-18-7-6-8-23(15-18)30-14-13-29(16-19(30)2)25(32)17-31(22-9-11-24(35-5)12-10-22)36(33,34)26-20(3)27-28-21(26)4/h6-12,15,19H,13-14,16-17H2,1-5H3,(H,27,28)/t19-/m0/s1. The zero-order valence-electron chi connectivity index (χ0n) is 21.4. The summed E-state index contributed by atoms with van der Waals surface area (Å²) in [6, 6.07) is 15.1. The molecule has 1 N–H and O–H groups in total. The number of anilines is 2. The minimum atomic E-state index is -4.06. The SMILES string of the molecule is COc1ccc(N(CC(=O)N2CCN(c3cccc(C)c3)[C@@H](C)C2)S(=O)(=O)c2c(C)n[nH]c2C)cc1. The van der Waals surface area contributed by atoms with E-state index < -0.39 is 10.0 Å². The summed E-state index contributed by atoms with van der Waals surface area (Å²) in [5, 5.41) is 6.79. The first-order valence-electron chi connectivity index (χ1n) is 11.9. The van der Waals surface area contributed by atoms with Crippen LogP contribution in [0.3, 0.4) is 0 Å². The summed E-state index contributed by atoms with van der Waals surface area (Å²) >= 11 is 0. The van der Waals surface area contributed by atoms with Crippen molar-refractivity contribution < 1.29 is 17.9 Å². The van der Waals surface area contributed by atoms with Crippen molar-refractivity contribution in [3.8, 4) is 5.75 Å². The van der Waals surface area contributed by atoms with E-state index in [1.807, 2.05) is 6.07 Å². The van der Waals surface area contributed by atoms with Gasteiger partial charge in [0.25, 0.3) is 10.0 Å². The van der Waals surface area contributed by atoms with Crippen LogP contribution in [0.2, 0.25) is 0 Å². The van der Waals surface area contributed by atoms with Gasteiger partial charge in [-0.15, -0.1) is 0 Å². The van der Waals surface area contributed by atoms with E-state index in [0.717, 1.165) is 9.99 Å². The number of H-pyrrole nitrogens is 1. The molecule has 0 spiro atoms. The van der Waals surface area contributed by atoms with Crippen LogP contribution in [0, 0.1) is 20.8 Å². The van der Waals surface area contributed by atoms with Crippen molar-refractivity contribution in [2.45, 2.75) is 38.6 Å². The summed E-state index contributed by atoms with van der Waals surface area (Å²) in [4.78, 5) is 17.6. The van der Waals surface area contributed by atoms with Crippen molar-refractivity contribution in [3.63, 3.8) is 0 Å². The van der Waals surface area contributed by atoms with Crippen LogP contribution in [0.5, 0.6) is 5.75 Å².